The van der Waals surface area contributed by atoms with Crippen LogP contribution in [0.3, 0.4) is 0 Å². The zero-order valence-corrected chi connectivity index (χ0v) is 13.0. The molecular formula is C16H25NO2. The zero-order chi connectivity index (χ0) is 15.0. The van der Waals surface area contributed by atoms with E-state index in [9.17, 15) is 4.79 Å². The van der Waals surface area contributed by atoms with Crippen LogP contribution in [-0.4, -0.2) is 5.97 Å². The first-order chi connectivity index (χ1) is 8.43. The molecule has 0 saturated carbocycles. The average molecular weight is 263 g/mol. The van der Waals surface area contributed by atoms with Crippen molar-refractivity contribution in [1.82, 2.24) is 0 Å². The van der Waals surface area contributed by atoms with Crippen LogP contribution < -0.4 is 10.5 Å². The minimum absolute atomic E-state index is 0.139. The van der Waals surface area contributed by atoms with Crippen molar-refractivity contribution in [2.24, 2.45) is 0 Å². The summed E-state index contributed by atoms with van der Waals surface area (Å²) < 4.78 is 5.49. The van der Waals surface area contributed by atoms with Gasteiger partial charge in [0.25, 0.3) is 0 Å². The number of benzene rings is 1. The molecule has 0 unspecified atom stereocenters. The van der Waals surface area contributed by atoms with Crippen LogP contribution in [0.25, 0.3) is 0 Å². The number of carbonyl (C=O) groups excluding carboxylic acids is 1. The van der Waals surface area contributed by atoms with E-state index < -0.39 is 0 Å². The fourth-order valence-corrected chi connectivity index (χ4v) is 2.02. The van der Waals surface area contributed by atoms with Gasteiger partial charge in [-0.3, -0.25) is 4.79 Å². The van der Waals surface area contributed by atoms with E-state index >= 15 is 0 Å². The predicted octanol–water partition coefficient (Wildman–Crippen LogP) is 3.79. The van der Waals surface area contributed by atoms with E-state index in [2.05, 4.69) is 41.5 Å². The molecule has 1 aromatic carbocycles. The summed E-state index contributed by atoms with van der Waals surface area (Å²) in [5, 5.41) is 0. The first-order valence-electron chi connectivity index (χ1n) is 6.56. The van der Waals surface area contributed by atoms with Gasteiger partial charge >= 0.3 is 5.97 Å². The molecule has 0 aliphatic rings. The normalized spacial score (nSPS) is 12.4. The molecule has 2 N–H and O–H groups in total. The second kappa shape index (κ2) is 4.87. The molecule has 0 atom stereocenters. The first kappa shape index (κ1) is 15.5. The molecule has 0 saturated heterocycles. The lowest BCUT2D eigenvalue weighted by Crippen LogP contribution is -2.21. The number of rotatable bonds is 1. The van der Waals surface area contributed by atoms with Crippen molar-refractivity contribution in [3.8, 4) is 5.75 Å². The van der Waals surface area contributed by atoms with Gasteiger partial charge in [0.2, 0.25) is 0 Å². The molecule has 0 aliphatic heterocycles. The van der Waals surface area contributed by atoms with Crippen molar-refractivity contribution < 1.29 is 9.53 Å². The van der Waals surface area contributed by atoms with Gasteiger partial charge in [0.15, 0.2) is 0 Å². The highest BCUT2D eigenvalue weighted by atomic mass is 16.5. The molecular weight excluding hydrogens is 238 g/mol. The van der Waals surface area contributed by atoms with Crippen LogP contribution in [0, 0.1) is 0 Å². The van der Waals surface area contributed by atoms with Gasteiger partial charge in [-0.05, 0) is 23.0 Å². The van der Waals surface area contributed by atoms with Crippen LogP contribution in [0.4, 0.5) is 5.69 Å². The molecule has 0 aliphatic carbocycles. The van der Waals surface area contributed by atoms with Crippen LogP contribution in [0.2, 0.25) is 0 Å². The minimum atomic E-state index is -0.305. The molecule has 0 spiro atoms. The fraction of sp³-hybridized carbons (Fsp3) is 0.562. The lowest BCUT2D eigenvalue weighted by molar-refractivity contribution is -0.132. The molecule has 19 heavy (non-hydrogen) atoms. The van der Waals surface area contributed by atoms with Gasteiger partial charge < -0.3 is 10.5 Å². The van der Waals surface area contributed by atoms with Crippen molar-refractivity contribution in [2.75, 3.05) is 5.73 Å². The molecule has 106 valence electrons. The van der Waals surface area contributed by atoms with Crippen molar-refractivity contribution in [3.63, 3.8) is 0 Å². The summed E-state index contributed by atoms with van der Waals surface area (Å²) in [6.45, 7) is 13.9. The largest absolute Gasteiger partial charge is 0.426 e. The third-order valence-electron chi connectivity index (χ3n) is 2.97. The number of anilines is 1. The Balaban J connectivity index is 3.63. The molecule has 0 radical (unpaired) electrons. The standard InChI is InChI=1S/C16H25NO2/c1-10(18)19-14-12(15(2,3)4)8-11(17)9-13(14)16(5,6)7/h8-9H,17H2,1-7H3. The Hall–Kier alpha value is -1.51. The maximum absolute atomic E-state index is 11.4. The SMILES string of the molecule is CC(=O)Oc1c(C(C)(C)C)cc(N)cc1C(C)(C)C. The number of nitrogens with two attached hydrogens (primary N) is 1. The third kappa shape index (κ3) is 3.72. The van der Waals surface area contributed by atoms with E-state index in [0.717, 1.165) is 11.1 Å². The Bertz CT molecular complexity index is 455. The van der Waals surface area contributed by atoms with Crippen molar-refractivity contribution in [1.29, 1.82) is 0 Å². The second-order valence-electron chi connectivity index (χ2n) is 7.04. The number of hydrogen-bond acceptors (Lipinski definition) is 3. The van der Waals surface area contributed by atoms with Gasteiger partial charge in [0.05, 0.1) is 0 Å². The maximum Gasteiger partial charge on any atom is 0.308 e. The highest BCUT2D eigenvalue weighted by Gasteiger charge is 2.28. The quantitative estimate of drug-likeness (QED) is 0.476. The number of esters is 1. The number of carbonyl (C=O) groups is 1. The van der Waals surface area contributed by atoms with Crippen LogP contribution in [-0.2, 0) is 15.6 Å². The van der Waals surface area contributed by atoms with E-state index in [4.69, 9.17) is 10.5 Å². The molecule has 0 amide bonds. The minimum Gasteiger partial charge on any atom is -0.426 e. The Labute approximate surface area is 116 Å². The smallest absolute Gasteiger partial charge is 0.308 e. The van der Waals surface area contributed by atoms with Crippen molar-refractivity contribution >= 4 is 11.7 Å². The topological polar surface area (TPSA) is 52.3 Å². The van der Waals surface area contributed by atoms with Gasteiger partial charge in [0.1, 0.15) is 5.75 Å². The third-order valence-corrected chi connectivity index (χ3v) is 2.97. The highest BCUT2D eigenvalue weighted by molar-refractivity contribution is 5.72. The summed E-state index contributed by atoms with van der Waals surface area (Å²) in [6.07, 6.45) is 0. The second-order valence-corrected chi connectivity index (χ2v) is 7.04. The lowest BCUT2D eigenvalue weighted by atomic mass is 9.79. The number of hydrogen-bond donors (Lipinski definition) is 1. The zero-order valence-electron chi connectivity index (χ0n) is 13.0. The Morgan fingerprint density at radius 2 is 1.37 bits per heavy atom. The summed E-state index contributed by atoms with van der Waals surface area (Å²) in [5.74, 6) is 0.350. The molecule has 0 bridgehead atoms. The Morgan fingerprint density at radius 3 is 1.63 bits per heavy atom. The lowest BCUT2D eigenvalue weighted by Gasteiger charge is -2.29. The van der Waals surface area contributed by atoms with E-state index in [1.54, 1.807) is 0 Å². The molecule has 0 aromatic heterocycles. The average Bonchev–Trinajstić information content (AvgIpc) is 2.16. The molecule has 0 heterocycles. The maximum atomic E-state index is 11.4. The molecule has 3 nitrogen and oxygen atoms in total. The monoisotopic (exact) mass is 263 g/mol. The van der Waals surface area contributed by atoms with E-state index in [-0.39, 0.29) is 16.8 Å². The molecule has 3 heteroatoms. The number of nitrogen functional groups attached to an aromatic ring is 1. The fourth-order valence-electron chi connectivity index (χ4n) is 2.02. The van der Waals surface area contributed by atoms with Crippen molar-refractivity contribution in [2.45, 2.75) is 59.3 Å². The first-order valence-corrected chi connectivity index (χ1v) is 6.56. The number of ether oxygens (including phenoxy) is 1. The van der Waals surface area contributed by atoms with Crippen LogP contribution >= 0.6 is 0 Å². The summed E-state index contributed by atoms with van der Waals surface area (Å²) in [6, 6.07) is 3.79. The van der Waals surface area contributed by atoms with Crippen molar-refractivity contribution in [3.05, 3.63) is 23.3 Å². The van der Waals surface area contributed by atoms with Gasteiger partial charge in [0, 0.05) is 23.7 Å². The van der Waals surface area contributed by atoms with E-state index in [0.29, 0.717) is 11.4 Å². The van der Waals surface area contributed by atoms with E-state index in [1.807, 2.05) is 12.1 Å². The van der Waals surface area contributed by atoms with Crippen LogP contribution in [0.5, 0.6) is 5.75 Å². The Kier molecular flexibility index (Phi) is 3.99. The summed E-state index contributed by atoms with van der Waals surface area (Å²) in [5.41, 5.74) is 8.37. The summed E-state index contributed by atoms with van der Waals surface area (Å²) >= 11 is 0. The van der Waals surface area contributed by atoms with Crippen LogP contribution in [0.1, 0.15) is 59.6 Å². The predicted molar refractivity (Wildman–Crippen MR) is 79.6 cm³/mol. The Morgan fingerprint density at radius 1 is 1.00 bits per heavy atom. The summed E-state index contributed by atoms with van der Waals surface area (Å²) in [4.78, 5) is 11.4. The van der Waals surface area contributed by atoms with Gasteiger partial charge in [-0.2, -0.15) is 0 Å². The summed E-state index contributed by atoms with van der Waals surface area (Å²) in [7, 11) is 0. The molecule has 1 aromatic rings. The molecule has 1 rings (SSSR count). The van der Waals surface area contributed by atoms with Crippen LogP contribution in [0.15, 0.2) is 12.1 Å². The molecule has 0 fully saturated rings. The highest BCUT2D eigenvalue weighted by Crippen LogP contribution is 2.41. The van der Waals surface area contributed by atoms with Gasteiger partial charge in [-0.15, -0.1) is 0 Å². The van der Waals surface area contributed by atoms with E-state index in [1.165, 1.54) is 6.92 Å². The van der Waals surface area contributed by atoms with Gasteiger partial charge in [-0.25, -0.2) is 0 Å². The van der Waals surface area contributed by atoms with Gasteiger partial charge in [-0.1, -0.05) is 41.5 Å².